The second-order valence-corrected chi connectivity index (χ2v) is 3.52. The molecule has 0 saturated carbocycles. The first-order valence-corrected chi connectivity index (χ1v) is 5.03. The molecule has 1 aromatic heterocycles. The van der Waals surface area contributed by atoms with E-state index in [0.717, 1.165) is 0 Å². The van der Waals surface area contributed by atoms with Gasteiger partial charge in [-0.15, -0.1) is 13.2 Å². The minimum atomic E-state index is -4.68. The average Bonchev–Trinajstić information content (AvgIpc) is 2.28. The number of alkyl halides is 3. The van der Waals surface area contributed by atoms with Gasteiger partial charge in [-0.05, 0) is 36.4 Å². The predicted molar refractivity (Wildman–Crippen MR) is 60.8 cm³/mol. The zero-order valence-corrected chi connectivity index (χ0v) is 9.11. The second kappa shape index (κ2) is 4.56. The van der Waals surface area contributed by atoms with Crippen molar-refractivity contribution in [3.05, 3.63) is 42.5 Å². The van der Waals surface area contributed by atoms with E-state index in [1.54, 1.807) is 18.2 Å². The van der Waals surface area contributed by atoms with E-state index >= 15 is 0 Å². The molecule has 0 aliphatic heterocycles. The van der Waals surface area contributed by atoms with Crippen molar-refractivity contribution < 1.29 is 17.9 Å². The van der Waals surface area contributed by atoms with Gasteiger partial charge in [-0.2, -0.15) is 0 Å². The molecule has 0 spiro atoms. The number of ether oxygens (including phenoxy) is 1. The molecule has 0 aliphatic rings. The average molecular weight is 254 g/mol. The minimum Gasteiger partial charge on any atom is -0.406 e. The topological polar surface area (TPSA) is 48.1 Å². The SMILES string of the molecule is Nc1cccc(-c2ccc(OC(F)(F)F)cc2)n1. The molecule has 0 unspecified atom stereocenters. The number of nitrogens with zero attached hydrogens (tertiary/aromatic N) is 1. The first kappa shape index (κ1) is 12.2. The lowest BCUT2D eigenvalue weighted by molar-refractivity contribution is -0.274. The summed E-state index contributed by atoms with van der Waals surface area (Å²) >= 11 is 0. The summed E-state index contributed by atoms with van der Waals surface area (Å²) < 4.78 is 39.7. The highest BCUT2D eigenvalue weighted by molar-refractivity contribution is 5.61. The first-order chi connectivity index (χ1) is 8.44. The summed E-state index contributed by atoms with van der Waals surface area (Å²) in [4.78, 5) is 4.06. The third kappa shape index (κ3) is 3.13. The van der Waals surface area contributed by atoms with Crippen LogP contribution < -0.4 is 10.5 Å². The van der Waals surface area contributed by atoms with Gasteiger partial charge in [0.25, 0.3) is 0 Å². The Hall–Kier alpha value is -2.24. The molecule has 94 valence electrons. The van der Waals surface area contributed by atoms with E-state index in [1.165, 1.54) is 24.3 Å². The molecule has 3 nitrogen and oxygen atoms in total. The Morgan fingerprint density at radius 2 is 1.67 bits per heavy atom. The smallest absolute Gasteiger partial charge is 0.406 e. The van der Waals surface area contributed by atoms with Crippen molar-refractivity contribution in [2.75, 3.05) is 5.73 Å². The van der Waals surface area contributed by atoms with Crippen LogP contribution in [0.4, 0.5) is 19.0 Å². The second-order valence-electron chi connectivity index (χ2n) is 3.52. The third-order valence-electron chi connectivity index (χ3n) is 2.15. The third-order valence-corrected chi connectivity index (χ3v) is 2.15. The quantitative estimate of drug-likeness (QED) is 0.895. The molecule has 0 fully saturated rings. The maximum absolute atomic E-state index is 12.0. The lowest BCUT2D eigenvalue weighted by atomic mass is 10.1. The highest BCUT2D eigenvalue weighted by Gasteiger charge is 2.30. The standard InChI is InChI=1S/C12H9F3N2O/c13-12(14,15)18-9-6-4-8(5-7-9)10-2-1-3-11(16)17-10/h1-7H,(H2,16,17). The fourth-order valence-corrected chi connectivity index (χ4v) is 1.44. The van der Waals surface area contributed by atoms with Crippen LogP contribution in [0.15, 0.2) is 42.5 Å². The Morgan fingerprint density at radius 3 is 2.22 bits per heavy atom. The molecule has 0 bridgehead atoms. The summed E-state index contributed by atoms with van der Waals surface area (Å²) in [6, 6.07) is 10.5. The number of nitrogens with two attached hydrogens (primary N) is 1. The van der Waals surface area contributed by atoms with Gasteiger partial charge in [0.15, 0.2) is 0 Å². The Bertz CT molecular complexity index is 538. The minimum absolute atomic E-state index is 0.268. The molecule has 2 aromatic rings. The van der Waals surface area contributed by atoms with Crippen molar-refractivity contribution in [1.29, 1.82) is 0 Å². The summed E-state index contributed by atoms with van der Waals surface area (Å²) in [5, 5.41) is 0. The summed E-state index contributed by atoms with van der Waals surface area (Å²) in [5.74, 6) is 0.0817. The summed E-state index contributed by atoms with van der Waals surface area (Å²) in [6.45, 7) is 0. The van der Waals surface area contributed by atoms with Crippen molar-refractivity contribution in [1.82, 2.24) is 4.98 Å². The van der Waals surface area contributed by atoms with Gasteiger partial charge in [0.1, 0.15) is 11.6 Å². The molecule has 0 aliphatic carbocycles. The molecule has 2 rings (SSSR count). The number of benzene rings is 1. The maximum atomic E-state index is 12.0. The summed E-state index contributed by atoms with van der Waals surface area (Å²) in [5.41, 5.74) is 6.78. The number of hydrogen-bond donors (Lipinski definition) is 1. The lowest BCUT2D eigenvalue weighted by Gasteiger charge is -2.09. The number of hydrogen-bond acceptors (Lipinski definition) is 3. The number of nitrogen functional groups attached to an aromatic ring is 1. The number of anilines is 1. The van der Waals surface area contributed by atoms with E-state index in [4.69, 9.17) is 5.73 Å². The molecule has 0 radical (unpaired) electrons. The predicted octanol–water partition coefficient (Wildman–Crippen LogP) is 3.23. The van der Waals surface area contributed by atoms with Crippen molar-refractivity contribution >= 4 is 5.82 Å². The molecule has 1 heterocycles. The number of pyridine rings is 1. The molecule has 0 atom stereocenters. The molecular weight excluding hydrogens is 245 g/mol. The fraction of sp³-hybridized carbons (Fsp3) is 0.0833. The van der Waals surface area contributed by atoms with Crippen molar-refractivity contribution in [2.45, 2.75) is 6.36 Å². The van der Waals surface area contributed by atoms with Crippen LogP contribution in [-0.4, -0.2) is 11.3 Å². The van der Waals surface area contributed by atoms with Gasteiger partial charge in [-0.3, -0.25) is 0 Å². The van der Waals surface area contributed by atoms with E-state index in [1.807, 2.05) is 0 Å². The van der Waals surface area contributed by atoms with Gasteiger partial charge < -0.3 is 10.5 Å². The van der Waals surface area contributed by atoms with Crippen LogP contribution in [-0.2, 0) is 0 Å². The maximum Gasteiger partial charge on any atom is 0.573 e. The number of aromatic nitrogens is 1. The van der Waals surface area contributed by atoms with Crippen LogP contribution in [0, 0.1) is 0 Å². The van der Waals surface area contributed by atoms with E-state index < -0.39 is 6.36 Å². The number of rotatable bonds is 2. The van der Waals surface area contributed by atoms with E-state index in [-0.39, 0.29) is 5.75 Å². The van der Waals surface area contributed by atoms with Crippen LogP contribution in [0.25, 0.3) is 11.3 Å². The summed E-state index contributed by atoms with van der Waals surface area (Å²) in [7, 11) is 0. The van der Waals surface area contributed by atoms with Gasteiger partial charge in [0.05, 0.1) is 5.69 Å². The molecule has 2 N–H and O–H groups in total. The van der Waals surface area contributed by atoms with Crippen LogP contribution in [0.2, 0.25) is 0 Å². The van der Waals surface area contributed by atoms with Gasteiger partial charge >= 0.3 is 6.36 Å². The highest BCUT2D eigenvalue weighted by Crippen LogP contribution is 2.25. The van der Waals surface area contributed by atoms with Crippen molar-refractivity contribution in [3.63, 3.8) is 0 Å². The van der Waals surface area contributed by atoms with Crippen molar-refractivity contribution in [2.24, 2.45) is 0 Å². The fourth-order valence-electron chi connectivity index (χ4n) is 1.44. The normalized spacial score (nSPS) is 11.3. The van der Waals surface area contributed by atoms with E-state index in [0.29, 0.717) is 17.1 Å². The van der Waals surface area contributed by atoms with Gasteiger partial charge in [-0.1, -0.05) is 6.07 Å². The van der Waals surface area contributed by atoms with Gasteiger partial charge in [0, 0.05) is 5.56 Å². The number of halogens is 3. The Kier molecular flexibility index (Phi) is 3.10. The summed E-state index contributed by atoms with van der Waals surface area (Å²) in [6.07, 6.45) is -4.68. The highest BCUT2D eigenvalue weighted by atomic mass is 19.4. The molecule has 0 amide bonds. The Morgan fingerprint density at radius 1 is 1.00 bits per heavy atom. The van der Waals surface area contributed by atoms with Crippen molar-refractivity contribution in [3.8, 4) is 17.0 Å². The molecule has 0 saturated heterocycles. The molecule has 1 aromatic carbocycles. The largest absolute Gasteiger partial charge is 0.573 e. The van der Waals surface area contributed by atoms with E-state index in [9.17, 15) is 13.2 Å². The molecule has 6 heteroatoms. The zero-order chi connectivity index (χ0) is 13.2. The van der Waals surface area contributed by atoms with Gasteiger partial charge in [-0.25, -0.2) is 4.98 Å². The van der Waals surface area contributed by atoms with Crippen LogP contribution in [0.3, 0.4) is 0 Å². The monoisotopic (exact) mass is 254 g/mol. The van der Waals surface area contributed by atoms with Crippen LogP contribution in [0.5, 0.6) is 5.75 Å². The zero-order valence-electron chi connectivity index (χ0n) is 9.11. The van der Waals surface area contributed by atoms with Gasteiger partial charge in [0.2, 0.25) is 0 Å². The van der Waals surface area contributed by atoms with E-state index in [2.05, 4.69) is 9.72 Å². The Labute approximate surface area is 101 Å². The first-order valence-electron chi connectivity index (χ1n) is 5.03. The van der Waals surface area contributed by atoms with Crippen LogP contribution in [0.1, 0.15) is 0 Å². The molecule has 18 heavy (non-hydrogen) atoms. The Balaban J connectivity index is 2.22. The molecular formula is C12H9F3N2O. The lowest BCUT2D eigenvalue weighted by Crippen LogP contribution is -2.16. The van der Waals surface area contributed by atoms with Crippen LogP contribution >= 0.6 is 0 Å².